The van der Waals surface area contributed by atoms with Crippen LogP contribution in [-0.4, -0.2) is 15.4 Å². The van der Waals surface area contributed by atoms with E-state index in [1.807, 2.05) is 41.3 Å². The topological polar surface area (TPSA) is 50.4 Å². The lowest BCUT2D eigenvalue weighted by atomic mass is 9.99. The minimum Gasteiger partial charge on any atom is -0.467 e. The van der Waals surface area contributed by atoms with Gasteiger partial charge in [0.2, 0.25) is 0 Å². The average molecular weight is 407 g/mol. The number of nitrogens with one attached hydrogen (secondary N) is 1. The van der Waals surface area contributed by atoms with Crippen molar-refractivity contribution >= 4 is 33.4 Å². The normalized spacial score (nSPS) is 16.0. The van der Waals surface area contributed by atoms with E-state index < -0.39 is 0 Å². The predicted molar refractivity (Wildman–Crippen MR) is 122 cm³/mol. The Morgan fingerprint density at radius 3 is 2.58 bits per heavy atom. The average Bonchev–Trinajstić information content (AvgIpc) is 3.43. The molecule has 0 unspecified atom stereocenters. The quantitative estimate of drug-likeness (QED) is 0.418. The first-order valence-electron chi connectivity index (χ1n) is 10.4. The van der Waals surface area contributed by atoms with E-state index in [0.717, 1.165) is 27.9 Å². The van der Waals surface area contributed by atoms with Gasteiger partial charge in [0.25, 0.3) is 5.91 Å². The van der Waals surface area contributed by atoms with Gasteiger partial charge in [0.1, 0.15) is 11.9 Å². The molecule has 0 aliphatic carbocycles. The van der Waals surface area contributed by atoms with Crippen LogP contribution in [0.15, 0.2) is 89.5 Å². The second-order valence-corrected chi connectivity index (χ2v) is 7.92. The molecule has 0 fully saturated rings. The summed E-state index contributed by atoms with van der Waals surface area (Å²) < 4.78 is 7.80. The molecule has 5 nitrogen and oxygen atoms in total. The number of hydrogen-bond donors (Lipinski definition) is 1. The summed E-state index contributed by atoms with van der Waals surface area (Å²) in [5.41, 5.74) is 4.92. The van der Waals surface area contributed by atoms with Gasteiger partial charge in [-0.05, 0) is 36.4 Å². The van der Waals surface area contributed by atoms with E-state index in [2.05, 4.69) is 59.4 Å². The third-order valence-electron chi connectivity index (χ3n) is 6.19. The van der Waals surface area contributed by atoms with Crippen molar-refractivity contribution in [2.75, 3.05) is 5.32 Å². The maximum absolute atomic E-state index is 13.6. The van der Waals surface area contributed by atoms with Crippen LogP contribution in [0.2, 0.25) is 0 Å². The first kappa shape index (κ1) is 17.8. The standard InChI is InChI=1S/C26H21N3O2/c1-28-22-13-5-3-10-19(22)24-20(11-6-14-23(24)28)25-27-21-12-4-2-9-18(21)26(30)29(25)16-17-8-7-15-31-17/h2-15,25,27H,16H2,1H3/t25-/m0/s1. The Balaban J connectivity index is 1.59. The first-order chi connectivity index (χ1) is 15.2. The molecular weight excluding hydrogens is 386 g/mol. The molecule has 0 saturated carbocycles. The molecule has 3 heterocycles. The van der Waals surface area contributed by atoms with E-state index >= 15 is 0 Å². The Morgan fingerprint density at radius 2 is 1.71 bits per heavy atom. The SMILES string of the molecule is Cn1c2ccccc2c2c([C@H]3Nc4ccccc4C(=O)N3Cc3ccco3)cccc21. The Labute approximate surface area is 179 Å². The molecule has 1 N–H and O–H groups in total. The highest BCUT2D eigenvalue weighted by atomic mass is 16.3. The Kier molecular flexibility index (Phi) is 3.90. The van der Waals surface area contributed by atoms with E-state index in [0.29, 0.717) is 12.1 Å². The fourth-order valence-electron chi connectivity index (χ4n) is 4.74. The van der Waals surface area contributed by atoms with Crippen molar-refractivity contribution in [2.24, 2.45) is 7.05 Å². The predicted octanol–water partition coefficient (Wildman–Crippen LogP) is 5.69. The van der Waals surface area contributed by atoms with Gasteiger partial charge in [-0.25, -0.2) is 0 Å². The van der Waals surface area contributed by atoms with Gasteiger partial charge in [0.15, 0.2) is 0 Å². The van der Waals surface area contributed by atoms with Gasteiger partial charge in [0, 0.05) is 40.1 Å². The molecule has 0 radical (unpaired) electrons. The molecule has 31 heavy (non-hydrogen) atoms. The third kappa shape index (κ3) is 2.66. The molecule has 2 aromatic heterocycles. The smallest absolute Gasteiger partial charge is 0.258 e. The van der Waals surface area contributed by atoms with Crippen molar-refractivity contribution in [3.8, 4) is 0 Å². The van der Waals surface area contributed by atoms with Crippen LogP contribution in [0.1, 0.15) is 27.8 Å². The van der Waals surface area contributed by atoms with Gasteiger partial charge in [-0.1, -0.05) is 42.5 Å². The van der Waals surface area contributed by atoms with Crippen LogP contribution in [-0.2, 0) is 13.6 Å². The van der Waals surface area contributed by atoms with Gasteiger partial charge < -0.3 is 19.2 Å². The lowest BCUT2D eigenvalue weighted by Crippen LogP contribution is -2.42. The van der Waals surface area contributed by atoms with Crippen LogP contribution in [0.4, 0.5) is 5.69 Å². The van der Waals surface area contributed by atoms with Crippen molar-refractivity contribution in [2.45, 2.75) is 12.7 Å². The van der Waals surface area contributed by atoms with Gasteiger partial charge in [0.05, 0.1) is 18.4 Å². The largest absolute Gasteiger partial charge is 0.467 e. The molecular formula is C26H21N3O2. The van der Waals surface area contributed by atoms with E-state index in [9.17, 15) is 4.79 Å². The van der Waals surface area contributed by atoms with Crippen molar-refractivity contribution in [1.82, 2.24) is 9.47 Å². The number of hydrogen-bond acceptors (Lipinski definition) is 3. The molecule has 1 amide bonds. The molecule has 3 aromatic carbocycles. The number of aryl methyl sites for hydroxylation is 1. The van der Waals surface area contributed by atoms with E-state index in [-0.39, 0.29) is 12.1 Å². The molecule has 0 bridgehead atoms. The molecule has 1 atom stereocenters. The van der Waals surface area contributed by atoms with Crippen LogP contribution in [0.3, 0.4) is 0 Å². The van der Waals surface area contributed by atoms with E-state index in [4.69, 9.17) is 4.42 Å². The summed E-state index contributed by atoms with van der Waals surface area (Å²) in [6, 6.07) is 26.2. The number of rotatable bonds is 3. The first-order valence-corrected chi connectivity index (χ1v) is 10.4. The summed E-state index contributed by atoms with van der Waals surface area (Å²) in [6.07, 6.45) is 1.33. The van der Waals surface area contributed by atoms with Crippen LogP contribution >= 0.6 is 0 Å². The summed E-state index contributed by atoms with van der Waals surface area (Å²) >= 11 is 0. The number of para-hydroxylation sites is 2. The molecule has 0 saturated heterocycles. The monoisotopic (exact) mass is 407 g/mol. The van der Waals surface area contributed by atoms with Gasteiger partial charge in [-0.2, -0.15) is 0 Å². The molecule has 5 aromatic rings. The number of furan rings is 1. The summed E-state index contributed by atoms with van der Waals surface area (Å²) in [4.78, 5) is 15.4. The molecule has 1 aliphatic heterocycles. The van der Waals surface area contributed by atoms with Crippen LogP contribution in [0, 0.1) is 0 Å². The maximum atomic E-state index is 13.6. The highest BCUT2D eigenvalue weighted by Gasteiger charge is 2.34. The number of fused-ring (bicyclic) bond motifs is 4. The number of anilines is 1. The summed E-state index contributed by atoms with van der Waals surface area (Å²) in [7, 11) is 2.09. The summed E-state index contributed by atoms with van der Waals surface area (Å²) in [5.74, 6) is 0.748. The van der Waals surface area contributed by atoms with Gasteiger partial charge in [-0.15, -0.1) is 0 Å². The lowest BCUT2D eigenvalue weighted by molar-refractivity contribution is 0.0653. The van der Waals surface area contributed by atoms with Crippen molar-refractivity contribution in [3.63, 3.8) is 0 Å². The second kappa shape index (κ2) is 6.77. The number of carbonyl (C=O) groups excluding carboxylic acids is 1. The molecule has 5 heteroatoms. The van der Waals surface area contributed by atoms with E-state index in [1.54, 1.807) is 6.26 Å². The fourth-order valence-corrected chi connectivity index (χ4v) is 4.74. The highest BCUT2D eigenvalue weighted by Crippen LogP contribution is 2.39. The third-order valence-corrected chi connectivity index (χ3v) is 6.19. The number of benzene rings is 3. The zero-order valence-electron chi connectivity index (χ0n) is 17.1. The molecule has 0 spiro atoms. The minimum absolute atomic E-state index is 0.00649. The number of nitrogens with zero attached hydrogens (tertiary/aromatic N) is 2. The molecule has 152 valence electrons. The summed E-state index contributed by atoms with van der Waals surface area (Å²) in [6.45, 7) is 0.388. The zero-order valence-corrected chi connectivity index (χ0v) is 17.1. The van der Waals surface area contributed by atoms with Crippen molar-refractivity contribution < 1.29 is 9.21 Å². The maximum Gasteiger partial charge on any atom is 0.258 e. The van der Waals surface area contributed by atoms with Crippen LogP contribution < -0.4 is 5.32 Å². The Hall–Kier alpha value is -3.99. The Morgan fingerprint density at radius 1 is 0.903 bits per heavy atom. The highest BCUT2D eigenvalue weighted by molar-refractivity contribution is 6.10. The number of amides is 1. The van der Waals surface area contributed by atoms with Gasteiger partial charge >= 0.3 is 0 Å². The summed E-state index contributed by atoms with van der Waals surface area (Å²) in [5, 5.41) is 5.97. The van der Waals surface area contributed by atoms with Crippen LogP contribution in [0.5, 0.6) is 0 Å². The second-order valence-electron chi connectivity index (χ2n) is 7.92. The lowest BCUT2D eigenvalue weighted by Gasteiger charge is -2.38. The minimum atomic E-state index is -0.318. The molecule has 1 aliphatic rings. The zero-order chi connectivity index (χ0) is 20.9. The van der Waals surface area contributed by atoms with Crippen molar-refractivity contribution in [1.29, 1.82) is 0 Å². The number of carbonyl (C=O) groups is 1. The van der Waals surface area contributed by atoms with E-state index in [1.165, 1.54) is 10.9 Å². The fraction of sp³-hybridized carbons (Fsp3) is 0.115. The van der Waals surface area contributed by atoms with Gasteiger partial charge in [-0.3, -0.25) is 4.79 Å². The van der Waals surface area contributed by atoms with Crippen LogP contribution in [0.25, 0.3) is 21.8 Å². The molecule has 6 rings (SSSR count). The Bertz CT molecular complexity index is 1430. The van der Waals surface area contributed by atoms with Crippen molar-refractivity contribution in [3.05, 3.63) is 102 Å². The number of aromatic nitrogens is 1.